The van der Waals surface area contributed by atoms with E-state index in [2.05, 4.69) is 25.4 Å². The van der Waals surface area contributed by atoms with Gasteiger partial charge in [-0.05, 0) is 13.0 Å². The number of ether oxygens (including phenoxy) is 3. The summed E-state index contributed by atoms with van der Waals surface area (Å²) in [5.41, 5.74) is 1.56. The van der Waals surface area contributed by atoms with Crippen molar-refractivity contribution < 1.29 is 27.4 Å². The lowest BCUT2D eigenvalue weighted by molar-refractivity contribution is -0.153. The quantitative estimate of drug-likeness (QED) is 0.425. The van der Waals surface area contributed by atoms with E-state index >= 15 is 0 Å². The molecule has 0 radical (unpaired) electrons. The van der Waals surface area contributed by atoms with Gasteiger partial charge in [0.15, 0.2) is 12.4 Å². The highest BCUT2D eigenvalue weighted by Crippen LogP contribution is 2.39. The molecule has 0 amide bonds. The highest BCUT2D eigenvalue weighted by Gasteiger charge is 2.29. The number of nitrogens with zero attached hydrogens (tertiary/aromatic N) is 6. The van der Waals surface area contributed by atoms with E-state index in [1.54, 1.807) is 54.1 Å². The molecule has 0 aliphatic carbocycles. The summed E-state index contributed by atoms with van der Waals surface area (Å²) in [4.78, 5) is 13.4. The van der Waals surface area contributed by atoms with Crippen LogP contribution in [0.1, 0.15) is 13.3 Å². The minimum atomic E-state index is -4.47. The van der Waals surface area contributed by atoms with E-state index in [0.29, 0.717) is 58.8 Å². The largest absolute Gasteiger partial charge is 0.490 e. The fourth-order valence-corrected chi connectivity index (χ4v) is 3.88. The average molecular weight is 515 g/mol. The van der Waals surface area contributed by atoms with Gasteiger partial charge in [-0.2, -0.15) is 18.3 Å². The molecular weight excluding hydrogens is 491 g/mol. The molecule has 1 N–H and O–H groups in total. The van der Waals surface area contributed by atoms with Crippen molar-refractivity contribution in [1.29, 1.82) is 0 Å². The summed E-state index contributed by atoms with van der Waals surface area (Å²) in [6.07, 6.45) is 3.67. The molecular formula is C24H24F3N7O3. The van der Waals surface area contributed by atoms with Crippen molar-refractivity contribution in [2.24, 2.45) is 14.1 Å². The first-order valence-corrected chi connectivity index (χ1v) is 11.4. The first-order valence-electron chi connectivity index (χ1n) is 11.4. The number of alkyl halides is 3. The van der Waals surface area contributed by atoms with Crippen molar-refractivity contribution >= 4 is 11.6 Å². The third-order valence-corrected chi connectivity index (χ3v) is 5.59. The molecule has 37 heavy (non-hydrogen) atoms. The Bertz CT molecular complexity index is 1420. The van der Waals surface area contributed by atoms with Gasteiger partial charge in [0, 0.05) is 62.5 Å². The number of hydrogen-bond acceptors (Lipinski definition) is 8. The summed E-state index contributed by atoms with van der Waals surface area (Å²) in [6.45, 7) is 0.797. The maximum atomic E-state index is 12.8. The molecule has 10 nitrogen and oxygen atoms in total. The predicted molar refractivity (Wildman–Crippen MR) is 128 cm³/mol. The third-order valence-electron chi connectivity index (χ3n) is 5.59. The molecule has 4 aromatic heterocycles. The maximum absolute atomic E-state index is 12.8. The maximum Gasteiger partial charge on any atom is 0.422 e. The molecule has 194 valence electrons. The molecule has 4 aromatic rings. The van der Waals surface area contributed by atoms with Gasteiger partial charge in [0.1, 0.15) is 28.7 Å². The van der Waals surface area contributed by atoms with Crippen molar-refractivity contribution in [2.75, 3.05) is 18.5 Å². The van der Waals surface area contributed by atoms with E-state index in [4.69, 9.17) is 14.2 Å². The lowest BCUT2D eigenvalue weighted by atomic mass is 10.1. The fraction of sp³-hybridized carbons (Fsp3) is 0.333. The number of halogens is 3. The molecule has 1 atom stereocenters. The third kappa shape index (κ3) is 5.44. The number of nitrogens with one attached hydrogen (secondary N) is 1. The molecule has 0 saturated heterocycles. The van der Waals surface area contributed by atoms with Gasteiger partial charge in [-0.3, -0.25) is 0 Å². The SMILES string of the molecule is C[C@H]1CCOc2c(cnn2C)-c2nccc(n2)Nc2cc(c(-c3cn(C)cc3OCC(F)(F)F)cn2)O1. The minimum Gasteiger partial charge on any atom is -0.490 e. The topological polar surface area (TPSA) is 101 Å². The van der Waals surface area contributed by atoms with Crippen molar-refractivity contribution in [3.8, 4) is 39.9 Å². The summed E-state index contributed by atoms with van der Waals surface area (Å²) in [7, 11) is 3.47. The summed E-state index contributed by atoms with van der Waals surface area (Å²) in [5, 5.41) is 7.41. The van der Waals surface area contributed by atoms with Gasteiger partial charge in [0.2, 0.25) is 5.88 Å². The zero-order chi connectivity index (χ0) is 26.2. The number of anilines is 2. The Hall–Kier alpha value is -4.29. The van der Waals surface area contributed by atoms with Crippen LogP contribution in [-0.2, 0) is 14.1 Å². The average Bonchev–Trinajstić information content (AvgIpc) is 3.39. The van der Waals surface area contributed by atoms with Crippen LogP contribution in [0.25, 0.3) is 22.5 Å². The highest BCUT2D eigenvalue weighted by molar-refractivity contribution is 5.77. The van der Waals surface area contributed by atoms with E-state index < -0.39 is 12.8 Å². The fourth-order valence-electron chi connectivity index (χ4n) is 3.88. The molecule has 0 spiro atoms. The molecule has 5 heterocycles. The van der Waals surface area contributed by atoms with Crippen molar-refractivity contribution in [3.05, 3.63) is 43.1 Å². The Balaban J connectivity index is 1.54. The van der Waals surface area contributed by atoms with Crippen LogP contribution in [0.5, 0.6) is 17.4 Å². The summed E-state index contributed by atoms with van der Waals surface area (Å²) in [6, 6.07) is 3.36. The van der Waals surface area contributed by atoms with Gasteiger partial charge in [-0.25, -0.2) is 19.6 Å². The zero-order valence-corrected chi connectivity index (χ0v) is 20.3. The van der Waals surface area contributed by atoms with Crippen LogP contribution >= 0.6 is 0 Å². The Morgan fingerprint density at radius 3 is 2.76 bits per heavy atom. The van der Waals surface area contributed by atoms with E-state index in [9.17, 15) is 13.2 Å². The molecule has 1 aliphatic rings. The number of rotatable bonds is 3. The van der Waals surface area contributed by atoms with Crippen LogP contribution in [-0.4, -0.2) is 54.8 Å². The lowest BCUT2D eigenvalue weighted by Crippen LogP contribution is -2.19. The number of aryl methyl sites for hydroxylation is 2. The highest BCUT2D eigenvalue weighted by atomic mass is 19.4. The summed E-state index contributed by atoms with van der Waals surface area (Å²) >= 11 is 0. The van der Waals surface area contributed by atoms with Crippen LogP contribution in [0.2, 0.25) is 0 Å². The Morgan fingerprint density at radius 1 is 1.11 bits per heavy atom. The number of fused-ring (bicyclic) bond motifs is 6. The van der Waals surface area contributed by atoms with Gasteiger partial charge < -0.3 is 24.1 Å². The summed E-state index contributed by atoms with van der Waals surface area (Å²) in [5.74, 6) is 2.35. The Kier molecular flexibility index (Phi) is 6.36. The van der Waals surface area contributed by atoms with Crippen molar-refractivity contribution in [1.82, 2.24) is 29.3 Å². The van der Waals surface area contributed by atoms with Crippen LogP contribution in [0, 0.1) is 0 Å². The number of aromatic nitrogens is 6. The molecule has 1 aliphatic heterocycles. The number of hydrogen-bond donors (Lipinski definition) is 1. The first-order chi connectivity index (χ1) is 17.7. The Labute approximate surface area is 210 Å². The second-order valence-corrected chi connectivity index (χ2v) is 8.61. The second-order valence-electron chi connectivity index (χ2n) is 8.61. The molecule has 0 fully saturated rings. The zero-order valence-electron chi connectivity index (χ0n) is 20.3. The molecule has 5 rings (SSSR count). The molecule has 4 bridgehead atoms. The van der Waals surface area contributed by atoms with Crippen molar-refractivity contribution in [3.63, 3.8) is 0 Å². The number of pyridine rings is 1. The van der Waals surface area contributed by atoms with Gasteiger partial charge >= 0.3 is 6.18 Å². The minimum absolute atomic E-state index is 0.0711. The van der Waals surface area contributed by atoms with Crippen molar-refractivity contribution in [2.45, 2.75) is 25.6 Å². The van der Waals surface area contributed by atoms with E-state index in [0.717, 1.165) is 0 Å². The van der Waals surface area contributed by atoms with E-state index in [-0.39, 0.29) is 11.9 Å². The van der Waals surface area contributed by atoms with E-state index in [1.807, 2.05) is 6.92 Å². The smallest absolute Gasteiger partial charge is 0.422 e. The molecule has 0 aromatic carbocycles. The predicted octanol–water partition coefficient (Wildman–Crippen LogP) is 4.51. The Morgan fingerprint density at radius 2 is 1.95 bits per heavy atom. The van der Waals surface area contributed by atoms with E-state index in [1.165, 1.54) is 12.4 Å². The monoisotopic (exact) mass is 515 g/mol. The van der Waals surface area contributed by atoms with Gasteiger partial charge in [0.05, 0.1) is 18.9 Å². The van der Waals surface area contributed by atoms with Gasteiger partial charge in [0.25, 0.3) is 0 Å². The molecule has 0 unspecified atom stereocenters. The second kappa shape index (κ2) is 9.64. The van der Waals surface area contributed by atoms with Crippen LogP contribution < -0.4 is 19.5 Å². The first kappa shape index (κ1) is 24.4. The van der Waals surface area contributed by atoms with Gasteiger partial charge in [-0.1, -0.05) is 0 Å². The summed E-state index contributed by atoms with van der Waals surface area (Å²) < 4.78 is 59.1. The molecule has 0 saturated carbocycles. The van der Waals surface area contributed by atoms with Crippen LogP contribution in [0.15, 0.2) is 43.1 Å². The van der Waals surface area contributed by atoms with Crippen LogP contribution in [0.3, 0.4) is 0 Å². The molecule has 13 heteroatoms. The van der Waals surface area contributed by atoms with Crippen LogP contribution in [0.4, 0.5) is 24.8 Å². The standard InChI is InChI=1S/C24H24F3N7O3/c1-14-5-7-35-23-16(10-30-34(23)3)22-28-6-4-20(32-22)31-21-8-18(37-14)15(9-29-21)17-11-33(2)12-19(17)36-13-24(25,26)27/h4,6,8-12,14H,5,7,13H2,1-3H3,(H,28,29,31,32)/t14-/m0/s1. The van der Waals surface area contributed by atoms with Gasteiger partial charge in [-0.15, -0.1) is 0 Å². The normalized spacial score (nSPS) is 15.6. The lowest BCUT2D eigenvalue weighted by Gasteiger charge is -2.20.